The van der Waals surface area contributed by atoms with Crippen LogP contribution in [0, 0.1) is 23.7 Å². The first-order valence-electron chi connectivity index (χ1n) is 7.09. The zero-order valence-electron chi connectivity index (χ0n) is 10.9. The number of hydrogen-bond acceptors (Lipinski definition) is 2. The molecule has 102 valence electrons. The van der Waals surface area contributed by atoms with Gasteiger partial charge in [-0.25, -0.2) is 0 Å². The maximum Gasteiger partial charge on any atom is 0.00647 e. The molecule has 0 saturated heterocycles. The minimum Gasteiger partial charge on any atom is -0.327 e. The molecular weight excluding hydrogens is 208 g/mol. The van der Waals surface area contributed by atoms with Gasteiger partial charge in [-0.15, -0.1) is 0 Å². The highest BCUT2D eigenvalue weighted by Gasteiger charge is 2.34. The van der Waals surface area contributed by atoms with Crippen molar-refractivity contribution in [3.63, 3.8) is 0 Å². The molecule has 17 heavy (non-hydrogen) atoms. The Kier molecular flexibility index (Phi) is 5.46. The zero-order chi connectivity index (χ0) is 11.7. The summed E-state index contributed by atoms with van der Waals surface area (Å²) in [7, 11) is 0. The standard InChI is InChI=1S/C14H28N2.CH4/c1-9-7-11(3-5-13(9)15)12-4-6-14(16)10(2)8-12;/h9-14H,3-8,15-16H2,1-2H3;1H4. The van der Waals surface area contributed by atoms with Crippen molar-refractivity contribution in [3.05, 3.63) is 0 Å². The monoisotopic (exact) mass is 240 g/mol. The molecule has 2 saturated carbocycles. The highest BCUT2D eigenvalue weighted by molar-refractivity contribution is 4.88. The molecular formula is C15H32N2. The summed E-state index contributed by atoms with van der Waals surface area (Å²) >= 11 is 0. The van der Waals surface area contributed by atoms with Crippen molar-refractivity contribution >= 4 is 0 Å². The van der Waals surface area contributed by atoms with Crippen LogP contribution in [0.2, 0.25) is 0 Å². The lowest BCUT2D eigenvalue weighted by atomic mass is 9.67. The van der Waals surface area contributed by atoms with Gasteiger partial charge in [-0.05, 0) is 62.2 Å². The van der Waals surface area contributed by atoms with Crippen LogP contribution in [0.15, 0.2) is 0 Å². The molecule has 2 fully saturated rings. The minimum atomic E-state index is 0. The second-order valence-corrected chi connectivity index (χ2v) is 6.43. The van der Waals surface area contributed by atoms with E-state index in [4.69, 9.17) is 11.5 Å². The molecule has 0 amide bonds. The first kappa shape index (κ1) is 15.0. The SMILES string of the molecule is C.CC1CC(C2CCC(N)C(C)C2)CCC1N. The molecule has 6 unspecified atom stereocenters. The van der Waals surface area contributed by atoms with E-state index in [1.165, 1.54) is 38.5 Å². The molecule has 2 nitrogen and oxygen atoms in total. The largest absolute Gasteiger partial charge is 0.327 e. The molecule has 2 aliphatic rings. The Morgan fingerprint density at radius 3 is 1.35 bits per heavy atom. The van der Waals surface area contributed by atoms with Crippen LogP contribution in [0.5, 0.6) is 0 Å². The summed E-state index contributed by atoms with van der Waals surface area (Å²) in [5, 5.41) is 0. The van der Waals surface area contributed by atoms with E-state index in [9.17, 15) is 0 Å². The number of nitrogens with two attached hydrogens (primary N) is 2. The molecule has 0 bridgehead atoms. The predicted octanol–water partition coefficient (Wildman–Crippen LogP) is 3.15. The molecule has 0 aliphatic heterocycles. The molecule has 0 aromatic rings. The molecule has 0 aromatic heterocycles. The zero-order valence-corrected chi connectivity index (χ0v) is 10.9. The van der Waals surface area contributed by atoms with Crippen LogP contribution in [0.4, 0.5) is 0 Å². The van der Waals surface area contributed by atoms with Crippen LogP contribution >= 0.6 is 0 Å². The lowest BCUT2D eigenvalue weighted by Gasteiger charge is -2.41. The van der Waals surface area contributed by atoms with Crippen LogP contribution < -0.4 is 11.5 Å². The Morgan fingerprint density at radius 1 is 0.706 bits per heavy atom. The van der Waals surface area contributed by atoms with Crippen molar-refractivity contribution in [1.29, 1.82) is 0 Å². The fourth-order valence-corrected chi connectivity index (χ4v) is 3.78. The maximum absolute atomic E-state index is 6.10. The summed E-state index contributed by atoms with van der Waals surface area (Å²) in [6.45, 7) is 4.66. The van der Waals surface area contributed by atoms with Gasteiger partial charge in [0, 0.05) is 12.1 Å². The second-order valence-electron chi connectivity index (χ2n) is 6.43. The molecule has 2 rings (SSSR count). The third-order valence-electron chi connectivity index (χ3n) is 5.22. The van der Waals surface area contributed by atoms with Crippen molar-refractivity contribution < 1.29 is 0 Å². The normalized spacial score (nSPS) is 47.3. The van der Waals surface area contributed by atoms with Gasteiger partial charge >= 0.3 is 0 Å². The van der Waals surface area contributed by atoms with Gasteiger partial charge in [0.05, 0.1) is 0 Å². The van der Waals surface area contributed by atoms with E-state index in [0.29, 0.717) is 12.1 Å². The minimum absolute atomic E-state index is 0. The number of rotatable bonds is 1. The van der Waals surface area contributed by atoms with Crippen LogP contribution in [0.25, 0.3) is 0 Å². The fourth-order valence-electron chi connectivity index (χ4n) is 3.78. The summed E-state index contributed by atoms with van der Waals surface area (Å²) in [6, 6.07) is 0.916. The third kappa shape index (κ3) is 3.45. The summed E-state index contributed by atoms with van der Waals surface area (Å²) in [4.78, 5) is 0. The van der Waals surface area contributed by atoms with Crippen molar-refractivity contribution in [2.45, 2.75) is 71.9 Å². The smallest absolute Gasteiger partial charge is 0.00647 e. The molecule has 0 radical (unpaired) electrons. The van der Waals surface area contributed by atoms with Crippen LogP contribution in [-0.2, 0) is 0 Å². The molecule has 2 heteroatoms. The highest BCUT2D eigenvalue weighted by atomic mass is 14.7. The van der Waals surface area contributed by atoms with Gasteiger partial charge in [-0.2, -0.15) is 0 Å². The van der Waals surface area contributed by atoms with Gasteiger partial charge in [-0.1, -0.05) is 21.3 Å². The number of hydrogen-bond donors (Lipinski definition) is 2. The Balaban J connectivity index is 0.00000144. The topological polar surface area (TPSA) is 52.0 Å². The van der Waals surface area contributed by atoms with Gasteiger partial charge in [0.1, 0.15) is 0 Å². The van der Waals surface area contributed by atoms with E-state index in [-0.39, 0.29) is 7.43 Å². The maximum atomic E-state index is 6.10. The van der Waals surface area contributed by atoms with Gasteiger partial charge < -0.3 is 11.5 Å². The molecule has 0 aromatic carbocycles. The molecule has 2 aliphatic carbocycles. The van der Waals surface area contributed by atoms with E-state index in [0.717, 1.165) is 23.7 Å². The lowest BCUT2D eigenvalue weighted by molar-refractivity contribution is 0.123. The van der Waals surface area contributed by atoms with Crippen LogP contribution in [0.3, 0.4) is 0 Å². The molecule has 4 N–H and O–H groups in total. The average Bonchev–Trinajstić information content (AvgIpc) is 2.26. The van der Waals surface area contributed by atoms with Gasteiger partial charge in [-0.3, -0.25) is 0 Å². The first-order chi connectivity index (χ1) is 7.58. The lowest BCUT2D eigenvalue weighted by Crippen LogP contribution is -2.40. The average molecular weight is 240 g/mol. The summed E-state index contributed by atoms with van der Waals surface area (Å²) in [6.07, 6.45) is 7.91. The predicted molar refractivity (Wildman–Crippen MR) is 75.7 cm³/mol. The van der Waals surface area contributed by atoms with Crippen molar-refractivity contribution in [1.82, 2.24) is 0 Å². The highest BCUT2D eigenvalue weighted by Crippen LogP contribution is 2.41. The summed E-state index contributed by atoms with van der Waals surface area (Å²) in [5.74, 6) is 3.32. The second kappa shape index (κ2) is 6.19. The van der Waals surface area contributed by atoms with Gasteiger partial charge in [0.25, 0.3) is 0 Å². The van der Waals surface area contributed by atoms with Crippen molar-refractivity contribution in [2.75, 3.05) is 0 Å². The van der Waals surface area contributed by atoms with E-state index in [1.54, 1.807) is 0 Å². The van der Waals surface area contributed by atoms with E-state index >= 15 is 0 Å². The molecule has 0 spiro atoms. The quantitative estimate of drug-likeness (QED) is 0.740. The molecule has 6 atom stereocenters. The Labute approximate surface area is 108 Å². The van der Waals surface area contributed by atoms with E-state index in [1.807, 2.05) is 0 Å². The summed E-state index contributed by atoms with van der Waals surface area (Å²) in [5.41, 5.74) is 12.2. The van der Waals surface area contributed by atoms with Gasteiger partial charge in [0.2, 0.25) is 0 Å². The summed E-state index contributed by atoms with van der Waals surface area (Å²) < 4.78 is 0. The van der Waals surface area contributed by atoms with Crippen molar-refractivity contribution in [3.8, 4) is 0 Å². The fraction of sp³-hybridized carbons (Fsp3) is 1.00. The van der Waals surface area contributed by atoms with Crippen LogP contribution in [-0.4, -0.2) is 12.1 Å². The van der Waals surface area contributed by atoms with E-state index < -0.39 is 0 Å². The van der Waals surface area contributed by atoms with Crippen LogP contribution in [0.1, 0.15) is 59.8 Å². The Bertz CT molecular complexity index is 205. The Morgan fingerprint density at radius 2 is 1.06 bits per heavy atom. The van der Waals surface area contributed by atoms with Crippen molar-refractivity contribution in [2.24, 2.45) is 35.1 Å². The van der Waals surface area contributed by atoms with Gasteiger partial charge in [0.15, 0.2) is 0 Å². The Hall–Kier alpha value is -0.0800. The van der Waals surface area contributed by atoms with E-state index in [2.05, 4.69) is 13.8 Å². The first-order valence-corrected chi connectivity index (χ1v) is 7.09. The third-order valence-corrected chi connectivity index (χ3v) is 5.22. The molecule has 0 heterocycles.